The lowest BCUT2D eigenvalue weighted by atomic mass is 9.98. The maximum Gasteiger partial charge on any atom is 0.330 e. The Bertz CT molecular complexity index is 420. The molecule has 21 heavy (non-hydrogen) atoms. The van der Waals surface area contributed by atoms with Crippen LogP contribution in [-0.2, 0) is 9.53 Å². The van der Waals surface area contributed by atoms with E-state index in [0.717, 1.165) is 17.9 Å². The van der Waals surface area contributed by atoms with Gasteiger partial charge in [-0.1, -0.05) is 70.4 Å². The zero-order valence-corrected chi connectivity index (χ0v) is 13.5. The monoisotopic (exact) mass is 288 g/mol. The average Bonchev–Trinajstić information content (AvgIpc) is 2.46. The van der Waals surface area contributed by atoms with Crippen LogP contribution in [0.3, 0.4) is 0 Å². The van der Waals surface area contributed by atoms with E-state index in [4.69, 9.17) is 4.74 Å². The highest BCUT2D eigenvalue weighted by molar-refractivity contribution is 5.86. The van der Waals surface area contributed by atoms with E-state index in [1.54, 1.807) is 6.08 Å². The summed E-state index contributed by atoms with van der Waals surface area (Å²) in [6.07, 6.45) is 8.00. The number of ether oxygens (including phenoxy) is 1. The third-order valence-electron chi connectivity index (χ3n) is 3.54. The predicted molar refractivity (Wildman–Crippen MR) is 88.9 cm³/mol. The third-order valence-corrected chi connectivity index (χ3v) is 3.54. The molecule has 0 aliphatic carbocycles. The SMILES string of the molecule is CC(C)CCCC(C)CCOC(=O)C=Cc1ccccc1. The molecule has 0 aliphatic rings. The summed E-state index contributed by atoms with van der Waals surface area (Å²) in [6.45, 7) is 7.26. The van der Waals surface area contributed by atoms with Crippen LogP contribution in [0.4, 0.5) is 0 Å². The van der Waals surface area contributed by atoms with Gasteiger partial charge < -0.3 is 4.74 Å². The minimum atomic E-state index is -0.256. The van der Waals surface area contributed by atoms with Crippen molar-refractivity contribution in [3.05, 3.63) is 42.0 Å². The van der Waals surface area contributed by atoms with Crippen molar-refractivity contribution in [3.8, 4) is 0 Å². The molecule has 0 N–H and O–H groups in total. The van der Waals surface area contributed by atoms with Gasteiger partial charge in [0.15, 0.2) is 0 Å². The normalized spacial score (nSPS) is 12.8. The van der Waals surface area contributed by atoms with Crippen LogP contribution < -0.4 is 0 Å². The number of hydrogen-bond acceptors (Lipinski definition) is 2. The van der Waals surface area contributed by atoms with Crippen LogP contribution >= 0.6 is 0 Å². The molecule has 0 spiro atoms. The molecule has 116 valence electrons. The quantitative estimate of drug-likeness (QED) is 0.467. The molecule has 0 radical (unpaired) electrons. The molecule has 1 unspecified atom stereocenters. The van der Waals surface area contributed by atoms with Gasteiger partial charge in [-0.25, -0.2) is 4.79 Å². The average molecular weight is 288 g/mol. The first-order chi connectivity index (χ1) is 10.1. The fraction of sp³-hybridized carbons (Fsp3) is 0.526. The van der Waals surface area contributed by atoms with Crippen LogP contribution in [0.1, 0.15) is 52.0 Å². The van der Waals surface area contributed by atoms with Crippen molar-refractivity contribution in [1.29, 1.82) is 0 Å². The molecule has 0 saturated carbocycles. The molecule has 0 bridgehead atoms. The van der Waals surface area contributed by atoms with Crippen molar-refractivity contribution < 1.29 is 9.53 Å². The predicted octanol–water partition coefficient (Wildman–Crippen LogP) is 5.10. The second-order valence-corrected chi connectivity index (χ2v) is 6.13. The third kappa shape index (κ3) is 9.06. The Kier molecular flexibility index (Phi) is 8.49. The molecular formula is C19H28O2. The zero-order chi connectivity index (χ0) is 15.5. The van der Waals surface area contributed by atoms with Gasteiger partial charge in [-0.05, 0) is 29.9 Å². The molecule has 0 heterocycles. The van der Waals surface area contributed by atoms with E-state index in [1.165, 1.54) is 25.3 Å². The van der Waals surface area contributed by atoms with Crippen molar-refractivity contribution in [3.63, 3.8) is 0 Å². The molecule has 1 atom stereocenters. The second-order valence-electron chi connectivity index (χ2n) is 6.13. The molecule has 1 rings (SSSR count). The van der Waals surface area contributed by atoms with Gasteiger partial charge >= 0.3 is 5.97 Å². The summed E-state index contributed by atoms with van der Waals surface area (Å²) in [7, 11) is 0. The molecule has 2 heteroatoms. The van der Waals surface area contributed by atoms with E-state index in [0.29, 0.717) is 12.5 Å². The van der Waals surface area contributed by atoms with Gasteiger partial charge in [0.2, 0.25) is 0 Å². The van der Waals surface area contributed by atoms with E-state index in [2.05, 4.69) is 20.8 Å². The Morgan fingerprint density at radius 1 is 1.10 bits per heavy atom. The van der Waals surface area contributed by atoms with Crippen LogP contribution in [-0.4, -0.2) is 12.6 Å². The van der Waals surface area contributed by atoms with E-state index in [9.17, 15) is 4.79 Å². The van der Waals surface area contributed by atoms with Crippen LogP contribution in [0.2, 0.25) is 0 Å². The number of benzene rings is 1. The molecule has 0 aromatic heterocycles. The lowest BCUT2D eigenvalue weighted by Crippen LogP contribution is -2.06. The summed E-state index contributed by atoms with van der Waals surface area (Å²) < 4.78 is 5.24. The van der Waals surface area contributed by atoms with Gasteiger partial charge in [0.25, 0.3) is 0 Å². The van der Waals surface area contributed by atoms with Crippen LogP contribution in [0.25, 0.3) is 6.08 Å². The van der Waals surface area contributed by atoms with Gasteiger partial charge in [-0.3, -0.25) is 0 Å². The maximum atomic E-state index is 11.6. The summed E-state index contributed by atoms with van der Waals surface area (Å²) in [4.78, 5) is 11.6. The van der Waals surface area contributed by atoms with E-state index in [-0.39, 0.29) is 5.97 Å². The lowest BCUT2D eigenvalue weighted by Gasteiger charge is -2.11. The van der Waals surface area contributed by atoms with Crippen LogP contribution in [0.5, 0.6) is 0 Å². The minimum Gasteiger partial charge on any atom is -0.463 e. The van der Waals surface area contributed by atoms with Crippen molar-refractivity contribution in [2.75, 3.05) is 6.61 Å². The second kappa shape index (κ2) is 10.2. The highest BCUT2D eigenvalue weighted by Gasteiger charge is 2.05. The molecule has 0 aliphatic heterocycles. The highest BCUT2D eigenvalue weighted by atomic mass is 16.5. The van der Waals surface area contributed by atoms with Gasteiger partial charge in [-0.2, -0.15) is 0 Å². The Morgan fingerprint density at radius 3 is 2.48 bits per heavy atom. The summed E-state index contributed by atoms with van der Waals surface area (Å²) in [5.41, 5.74) is 1.01. The van der Waals surface area contributed by atoms with Gasteiger partial charge in [-0.15, -0.1) is 0 Å². The van der Waals surface area contributed by atoms with Gasteiger partial charge in [0.05, 0.1) is 6.61 Å². The standard InChI is InChI=1S/C19H28O2/c1-16(2)8-7-9-17(3)14-15-21-19(20)13-12-18-10-5-4-6-11-18/h4-6,10-13,16-17H,7-9,14-15H2,1-3H3. The first-order valence-corrected chi connectivity index (χ1v) is 7.98. The Hall–Kier alpha value is -1.57. The molecule has 1 aromatic rings. The number of hydrogen-bond donors (Lipinski definition) is 0. The molecule has 0 amide bonds. The Balaban J connectivity index is 2.14. The van der Waals surface area contributed by atoms with Gasteiger partial charge in [0, 0.05) is 6.08 Å². The lowest BCUT2D eigenvalue weighted by molar-refractivity contribution is -0.138. The molecule has 1 aromatic carbocycles. The number of rotatable bonds is 9. The van der Waals surface area contributed by atoms with E-state index >= 15 is 0 Å². The van der Waals surface area contributed by atoms with Crippen molar-refractivity contribution >= 4 is 12.0 Å². The smallest absolute Gasteiger partial charge is 0.330 e. The molecule has 2 nitrogen and oxygen atoms in total. The van der Waals surface area contributed by atoms with E-state index < -0.39 is 0 Å². The van der Waals surface area contributed by atoms with Crippen molar-refractivity contribution in [2.45, 2.75) is 46.5 Å². The molecule has 0 saturated heterocycles. The molecule has 0 fully saturated rings. The Morgan fingerprint density at radius 2 is 1.81 bits per heavy atom. The number of carbonyl (C=O) groups excluding carboxylic acids is 1. The first-order valence-electron chi connectivity index (χ1n) is 7.98. The van der Waals surface area contributed by atoms with E-state index in [1.807, 2.05) is 30.3 Å². The summed E-state index contributed by atoms with van der Waals surface area (Å²) in [5, 5.41) is 0. The zero-order valence-electron chi connectivity index (χ0n) is 13.5. The van der Waals surface area contributed by atoms with Crippen molar-refractivity contribution in [2.24, 2.45) is 11.8 Å². The first kappa shape index (κ1) is 17.5. The Labute approximate surface area is 129 Å². The van der Waals surface area contributed by atoms with Crippen molar-refractivity contribution in [1.82, 2.24) is 0 Å². The minimum absolute atomic E-state index is 0.256. The largest absolute Gasteiger partial charge is 0.463 e. The number of esters is 1. The summed E-state index contributed by atoms with van der Waals surface area (Å²) in [6, 6.07) is 9.77. The molecular weight excluding hydrogens is 260 g/mol. The van der Waals surface area contributed by atoms with Gasteiger partial charge in [0.1, 0.15) is 0 Å². The fourth-order valence-electron chi connectivity index (χ4n) is 2.16. The summed E-state index contributed by atoms with van der Waals surface area (Å²) >= 11 is 0. The maximum absolute atomic E-state index is 11.6. The fourth-order valence-corrected chi connectivity index (χ4v) is 2.16. The topological polar surface area (TPSA) is 26.3 Å². The summed E-state index contributed by atoms with van der Waals surface area (Å²) in [5.74, 6) is 1.14. The van der Waals surface area contributed by atoms with Crippen LogP contribution in [0.15, 0.2) is 36.4 Å². The number of carbonyl (C=O) groups is 1. The van der Waals surface area contributed by atoms with Crippen LogP contribution in [0, 0.1) is 11.8 Å². The highest BCUT2D eigenvalue weighted by Crippen LogP contribution is 2.15.